The fourth-order valence-corrected chi connectivity index (χ4v) is 3.72. The molecule has 6 nitrogen and oxygen atoms in total. The van der Waals surface area contributed by atoms with Gasteiger partial charge in [0.1, 0.15) is 5.82 Å². The van der Waals surface area contributed by atoms with Crippen LogP contribution >= 0.6 is 0 Å². The molecule has 0 N–H and O–H groups in total. The van der Waals surface area contributed by atoms with Gasteiger partial charge in [0.15, 0.2) is 0 Å². The van der Waals surface area contributed by atoms with Crippen molar-refractivity contribution in [1.82, 2.24) is 20.0 Å². The maximum atomic E-state index is 5.45. The summed E-state index contributed by atoms with van der Waals surface area (Å²) in [5, 5.41) is 4.13. The van der Waals surface area contributed by atoms with Gasteiger partial charge in [-0.25, -0.2) is 4.98 Å². The molecule has 0 saturated carbocycles. The summed E-state index contributed by atoms with van der Waals surface area (Å²) in [6.45, 7) is 5.90. The summed E-state index contributed by atoms with van der Waals surface area (Å²) in [5.74, 6) is 2.96. The summed E-state index contributed by atoms with van der Waals surface area (Å²) in [4.78, 5) is 13.7. The van der Waals surface area contributed by atoms with Crippen LogP contribution in [0.5, 0.6) is 0 Å². The second kappa shape index (κ2) is 8.52. The number of aromatic nitrogens is 3. The molecule has 0 radical (unpaired) electrons. The lowest BCUT2D eigenvalue weighted by atomic mass is 10.0. The van der Waals surface area contributed by atoms with E-state index in [1.165, 1.54) is 18.4 Å². The highest BCUT2D eigenvalue weighted by Gasteiger charge is 2.18. The zero-order valence-corrected chi connectivity index (χ0v) is 16.6. The summed E-state index contributed by atoms with van der Waals surface area (Å²) in [5.41, 5.74) is 2.14. The van der Waals surface area contributed by atoms with Crippen molar-refractivity contribution in [3.63, 3.8) is 0 Å². The quantitative estimate of drug-likeness (QED) is 0.647. The Labute approximate surface area is 166 Å². The molecule has 2 aromatic heterocycles. The minimum Gasteiger partial charge on any atom is -0.356 e. The minimum atomic E-state index is 0.592. The molecule has 4 rings (SSSR count). The first-order chi connectivity index (χ1) is 13.7. The molecule has 6 heteroatoms. The number of piperidine rings is 1. The Kier molecular flexibility index (Phi) is 5.67. The normalized spacial score (nSPS) is 17.2. The van der Waals surface area contributed by atoms with Crippen LogP contribution in [-0.4, -0.2) is 40.2 Å². The Hall–Kier alpha value is -2.73. The first-order valence-corrected chi connectivity index (χ1v) is 9.94. The predicted octanol–water partition coefficient (Wildman–Crippen LogP) is 4.00. The third kappa shape index (κ3) is 4.57. The van der Waals surface area contributed by atoms with Crippen molar-refractivity contribution in [3.8, 4) is 11.4 Å². The molecule has 1 aliphatic rings. The number of benzene rings is 1. The van der Waals surface area contributed by atoms with Crippen LogP contribution in [0, 0.1) is 5.92 Å². The van der Waals surface area contributed by atoms with Gasteiger partial charge < -0.3 is 9.42 Å². The van der Waals surface area contributed by atoms with Crippen molar-refractivity contribution >= 4 is 5.82 Å². The molecule has 1 unspecified atom stereocenters. The molecule has 28 heavy (non-hydrogen) atoms. The van der Waals surface area contributed by atoms with Crippen LogP contribution in [0.4, 0.5) is 5.82 Å². The van der Waals surface area contributed by atoms with Gasteiger partial charge in [0.2, 0.25) is 11.7 Å². The molecule has 1 atom stereocenters. The van der Waals surface area contributed by atoms with E-state index < -0.39 is 0 Å². The molecule has 3 aromatic rings. The lowest BCUT2D eigenvalue weighted by Crippen LogP contribution is -2.34. The van der Waals surface area contributed by atoms with E-state index in [-0.39, 0.29) is 0 Å². The number of nitrogens with zero attached hydrogens (tertiary/aromatic N) is 5. The lowest BCUT2D eigenvalue weighted by Gasteiger charge is -2.31. The summed E-state index contributed by atoms with van der Waals surface area (Å²) in [6.07, 6.45) is 4.38. The van der Waals surface area contributed by atoms with Gasteiger partial charge in [-0.1, -0.05) is 42.4 Å². The van der Waals surface area contributed by atoms with E-state index in [0.29, 0.717) is 18.3 Å². The van der Waals surface area contributed by atoms with E-state index in [9.17, 15) is 0 Å². The van der Waals surface area contributed by atoms with E-state index in [4.69, 9.17) is 4.52 Å². The molecule has 1 aliphatic heterocycles. The van der Waals surface area contributed by atoms with Crippen LogP contribution < -0.4 is 4.90 Å². The average Bonchev–Trinajstić information content (AvgIpc) is 3.17. The third-order valence-electron chi connectivity index (χ3n) is 5.16. The highest BCUT2D eigenvalue weighted by Crippen LogP contribution is 2.23. The Morgan fingerprint density at radius 3 is 2.75 bits per heavy atom. The van der Waals surface area contributed by atoms with Crippen molar-refractivity contribution in [2.24, 2.45) is 5.92 Å². The van der Waals surface area contributed by atoms with E-state index in [1.807, 2.05) is 25.4 Å². The Morgan fingerprint density at radius 2 is 2.00 bits per heavy atom. The Bertz CT molecular complexity index is 877. The van der Waals surface area contributed by atoms with Gasteiger partial charge in [-0.2, -0.15) is 4.98 Å². The van der Waals surface area contributed by atoms with Crippen LogP contribution in [0.25, 0.3) is 11.4 Å². The Balaban J connectivity index is 1.38. The SMILES string of the molecule is CC1CCCN(c2ccc(-c3noc(CN(C)Cc4ccccc4)n3)cn2)C1. The highest BCUT2D eigenvalue weighted by atomic mass is 16.5. The molecule has 0 spiro atoms. The molecule has 0 amide bonds. The maximum absolute atomic E-state index is 5.45. The number of pyridine rings is 1. The zero-order valence-electron chi connectivity index (χ0n) is 16.6. The van der Waals surface area contributed by atoms with Gasteiger partial charge in [-0.05, 0) is 43.5 Å². The van der Waals surface area contributed by atoms with E-state index in [1.54, 1.807) is 0 Å². The van der Waals surface area contributed by atoms with Crippen molar-refractivity contribution in [3.05, 3.63) is 60.1 Å². The standard InChI is InChI=1S/C22H27N5O/c1-17-7-6-12-27(14-17)20-11-10-19(13-23-20)22-24-21(28-25-22)16-26(2)15-18-8-4-3-5-9-18/h3-5,8-11,13,17H,6-7,12,14-16H2,1-2H3. The summed E-state index contributed by atoms with van der Waals surface area (Å²) >= 11 is 0. The van der Waals surface area contributed by atoms with Crippen LogP contribution in [0.3, 0.4) is 0 Å². The fourth-order valence-electron chi connectivity index (χ4n) is 3.72. The number of anilines is 1. The lowest BCUT2D eigenvalue weighted by molar-refractivity contribution is 0.261. The summed E-state index contributed by atoms with van der Waals surface area (Å²) in [6, 6.07) is 14.5. The van der Waals surface area contributed by atoms with Gasteiger partial charge >= 0.3 is 0 Å². The van der Waals surface area contributed by atoms with Gasteiger partial charge in [0.25, 0.3) is 0 Å². The van der Waals surface area contributed by atoms with Crippen LogP contribution in [0.1, 0.15) is 31.2 Å². The molecule has 1 saturated heterocycles. The molecular weight excluding hydrogens is 350 g/mol. The minimum absolute atomic E-state index is 0.592. The maximum Gasteiger partial charge on any atom is 0.241 e. The van der Waals surface area contributed by atoms with Crippen molar-refractivity contribution in [2.45, 2.75) is 32.9 Å². The second-order valence-corrected chi connectivity index (χ2v) is 7.77. The predicted molar refractivity (Wildman–Crippen MR) is 110 cm³/mol. The van der Waals surface area contributed by atoms with Crippen molar-refractivity contribution in [2.75, 3.05) is 25.0 Å². The van der Waals surface area contributed by atoms with Gasteiger partial charge in [0, 0.05) is 31.4 Å². The van der Waals surface area contributed by atoms with Crippen LogP contribution in [0.2, 0.25) is 0 Å². The molecule has 3 heterocycles. The van der Waals surface area contributed by atoms with E-state index in [0.717, 1.165) is 36.9 Å². The largest absolute Gasteiger partial charge is 0.356 e. The first-order valence-electron chi connectivity index (χ1n) is 9.94. The highest BCUT2D eigenvalue weighted by molar-refractivity contribution is 5.55. The Morgan fingerprint density at radius 1 is 1.14 bits per heavy atom. The van der Waals surface area contributed by atoms with Gasteiger partial charge in [-0.15, -0.1) is 0 Å². The molecule has 146 valence electrons. The second-order valence-electron chi connectivity index (χ2n) is 7.77. The molecular formula is C22H27N5O. The number of rotatable bonds is 6. The average molecular weight is 377 g/mol. The topological polar surface area (TPSA) is 58.3 Å². The zero-order chi connectivity index (χ0) is 19.3. The summed E-state index contributed by atoms with van der Waals surface area (Å²) in [7, 11) is 2.05. The number of hydrogen-bond acceptors (Lipinski definition) is 6. The van der Waals surface area contributed by atoms with Gasteiger partial charge in [0.05, 0.1) is 6.54 Å². The van der Waals surface area contributed by atoms with Crippen molar-refractivity contribution in [1.29, 1.82) is 0 Å². The summed E-state index contributed by atoms with van der Waals surface area (Å²) < 4.78 is 5.45. The van der Waals surface area contributed by atoms with Crippen LogP contribution in [-0.2, 0) is 13.1 Å². The number of hydrogen-bond donors (Lipinski definition) is 0. The fraction of sp³-hybridized carbons (Fsp3) is 0.409. The monoisotopic (exact) mass is 377 g/mol. The van der Waals surface area contributed by atoms with E-state index >= 15 is 0 Å². The third-order valence-corrected chi connectivity index (χ3v) is 5.16. The molecule has 1 fully saturated rings. The molecule has 0 bridgehead atoms. The van der Waals surface area contributed by atoms with E-state index in [2.05, 4.69) is 62.2 Å². The van der Waals surface area contributed by atoms with Crippen molar-refractivity contribution < 1.29 is 4.52 Å². The first kappa shape index (κ1) is 18.6. The van der Waals surface area contributed by atoms with Gasteiger partial charge in [-0.3, -0.25) is 4.90 Å². The molecule has 0 aliphatic carbocycles. The molecule has 1 aromatic carbocycles. The van der Waals surface area contributed by atoms with Crippen LogP contribution in [0.15, 0.2) is 53.2 Å². The smallest absolute Gasteiger partial charge is 0.241 e.